The molecule has 0 radical (unpaired) electrons. The van der Waals surface area contributed by atoms with E-state index < -0.39 is 5.82 Å². The number of nitrogens with zero attached hydrogens (tertiary/aromatic N) is 2. The van der Waals surface area contributed by atoms with E-state index in [9.17, 15) is 9.50 Å². The summed E-state index contributed by atoms with van der Waals surface area (Å²) in [4.78, 5) is 7.54. The fourth-order valence-electron chi connectivity index (χ4n) is 1.85. The summed E-state index contributed by atoms with van der Waals surface area (Å²) in [6.45, 7) is 3.83. The fourth-order valence-corrected chi connectivity index (χ4v) is 1.85. The molecule has 17 heavy (non-hydrogen) atoms. The maximum absolute atomic E-state index is 13.5. The van der Waals surface area contributed by atoms with Crippen molar-refractivity contribution in [3.63, 3.8) is 0 Å². The van der Waals surface area contributed by atoms with Gasteiger partial charge in [0.1, 0.15) is 0 Å². The second kappa shape index (κ2) is 4.08. The van der Waals surface area contributed by atoms with Crippen LogP contribution in [0.5, 0.6) is 0 Å². The summed E-state index contributed by atoms with van der Waals surface area (Å²) in [5, 5.41) is 12.6. The molecule has 1 saturated carbocycles. The molecule has 0 saturated heterocycles. The van der Waals surface area contributed by atoms with Gasteiger partial charge in [-0.2, -0.15) is 4.98 Å². The largest absolute Gasteiger partial charge is 0.392 e. The summed E-state index contributed by atoms with van der Waals surface area (Å²) in [5.41, 5.74) is 1.96. The Hall–Kier alpha value is -1.47. The van der Waals surface area contributed by atoms with E-state index in [-0.39, 0.29) is 29.3 Å². The summed E-state index contributed by atoms with van der Waals surface area (Å²) in [6.07, 6.45) is 1.24. The third-order valence-electron chi connectivity index (χ3n) is 3.40. The molecule has 2 unspecified atom stereocenters. The van der Waals surface area contributed by atoms with E-state index in [4.69, 9.17) is 5.84 Å². The van der Waals surface area contributed by atoms with Gasteiger partial charge in [-0.15, -0.1) is 0 Å². The zero-order valence-corrected chi connectivity index (χ0v) is 9.74. The molecule has 1 aliphatic carbocycles. The van der Waals surface area contributed by atoms with Crippen molar-refractivity contribution in [3.8, 4) is 0 Å². The van der Waals surface area contributed by atoms with Crippen LogP contribution in [0.1, 0.15) is 20.3 Å². The Balaban J connectivity index is 2.14. The molecule has 1 aliphatic rings. The van der Waals surface area contributed by atoms with Crippen molar-refractivity contribution < 1.29 is 9.50 Å². The number of hydrogen-bond acceptors (Lipinski definition) is 6. The molecule has 0 bridgehead atoms. The minimum atomic E-state index is -0.541. The quantitative estimate of drug-likeness (QED) is 0.454. The highest BCUT2D eigenvalue weighted by atomic mass is 19.1. The summed E-state index contributed by atoms with van der Waals surface area (Å²) < 4.78 is 13.5. The van der Waals surface area contributed by atoms with Crippen molar-refractivity contribution in [2.75, 3.05) is 10.7 Å². The Morgan fingerprint density at radius 2 is 2.29 bits per heavy atom. The van der Waals surface area contributed by atoms with Gasteiger partial charge in [0.05, 0.1) is 12.3 Å². The summed E-state index contributed by atoms with van der Waals surface area (Å²) in [6, 6.07) is -0.0208. The SMILES string of the molecule is CC1(C)C(O)CC1Nc1nc(NN)ncc1F. The molecule has 5 N–H and O–H groups in total. The maximum Gasteiger partial charge on any atom is 0.239 e. The lowest BCUT2D eigenvalue weighted by Crippen LogP contribution is -2.57. The Kier molecular flexibility index (Phi) is 2.88. The summed E-state index contributed by atoms with van der Waals surface area (Å²) in [5.74, 6) is 4.86. The Morgan fingerprint density at radius 3 is 2.82 bits per heavy atom. The van der Waals surface area contributed by atoms with Gasteiger partial charge < -0.3 is 10.4 Å². The second-order valence-corrected chi connectivity index (χ2v) is 4.80. The zero-order chi connectivity index (χ0) is 12.6. The van der Waals surface area contributed by atoms with Gasteiger partial charge in [0.15, 0.2) is 11.6 Å². The topological polar surface area (TPSA) is 96.1 Å². The zero-order valence-electron chi connectivity index (χ0n) is 9.74. The number of halogens is 1. The van der Waals surface area contributed by atoms with E-state index in [0.29, 0.717) is 6.42 Å². The van der Waals surface area contributed by atoms with Gasteiger partial charge in [-0.3, -0.25) is 5.43 Å². The van der Waals surface area contributed by atoms with E-state index in [0.717, 1.165) is 6.20 Å². The second-order valence-electron chi connectivity index (χ2n) is 4.80. The molecule has 1 fully saturated rings. The highest BCUT2D eigenvalue weighted by molar-refractivity contribution is 5.42. The average molecular weight is 241 g/mol. The first-order valence-electron chi connectivity index (χ1n) is 5.39. The molecule has 0 spiro atoms. The van der Waals surface area contributed by atoms with Gasteiger partial charge in [-0.05, 0) is 6.42 Å². The molecule has 7 heteroatoms. The normalized spacial score (nSPS) is 26.2. The lowest BCUT2D eigenvalue weighted by Gasteiger charge is -2.49. The lowest BCUT2D eigenvalue weighted by atomic mass is 9.64. The maximum atomic E-state index is 13.5. The third kappa shape index (κ3) is 2.03. The molecule has 6 nitrogen and oxygen atoms in total. The summed E-state index contributed by atoms with van der Waals surface area (Å²) >= 11 is 0. The smallest absolute Gasteiger partial charge is 0.239 e. The van der Waals surface area contributed by atoms with Gasteiger partial charge in [0.25, 0.3) is 0 Å². The molecule has 0 amide bonds. The number of hydrogen-bond donors (Lipinski definition) is 4. The number of aromatic nitrogens is 2. The number of aliphatic hydroxyl groups excluding tert-OH is 1. The van der Waals surface area contributed by atoms with Crippen molar-refractivity contribution in [2.24, 2.45) is 11.3 Å². The van der Waals surface area contributed by atoms with Gasteiger partial charge in [0.2, 0.25) is 5.95 Å². The van der Waals surface area contributed by atoms with Crippen molar-refractivity contribution in [1.82, 2.24) is 9.97 Å². The van der Waals surface area contributed by atoms with E-state index in [1.807, 2.05) is 13.8 Å². The number of nitrogens with two attached hydrogens (primary N) is 1. The number of aliphatic hydroxyl groups is 1. The molecule has 2 rings (SSSR count). The number of anilines is 2. The minimum absolute atomic E-state index is 0.0208. The highest BCUT2D eigenvalue weighted by Gasteiger charge is 2.47. The van der Waals surface area contributed by atoms with Crippen LogP contribution in [0, 0.1) is 11.2 Å². The Bertz CT molecular complexity index is 425. The lowest BCUT2D eigenvalue weighted by molar-refractivity contribution is -0.0512. The van der Waals surface area contributed by atoms with Crippen LogP contribution in [0.3, 0.4) is 0 Å². The van der Waals surface area contributed by atoms with Gasteiger partial charge >= 0.3 is 0 Å². The van der Waals surface area contributed by atoms with Crippen molar-refractivity contribution in [3.05, 3.63) is 12.0 Å². The van der Waals surface area contributed by atoms with Crippen LogP contribution in [0.15, 0.2) is 6.20 Å². The minimum Gasteiger partial charge on any atom is -0.392 e. The van der Waals surface area contributed by atoms with Crippen LogP contribution < -0.4 is 16.6 Å². The van der Waals surface area contributed by atoms with Gasteiger partial charge in [-0.1, -0.05) is 13.8 Å². The molecule has 1 aromatic heterocycles. The van der Waals surface area contributed by atoms with Gasteiger partial charge in [0, 0.05) is 11.5 Å². The molecule has 1 aromatic rings. The molecule has 94 valence electrons. The van der Waals surface area contributed by atoms with Crippen molar-refractivity contribution in [2.45, 2.75) is 32.4 Å². The molecule has 0 aromatic carbocycles. The van der Waals surface area contributed by atoms with Crippen molar-refractivity contribution in [1.29, 1.82) is 0 Å². The van der Waals surface area contributed by atoms with E-state index in [2.05, 4.69) is 20.7 Å². The average Bonchev–Trinajstić information content (AvgIpc) is 2.31. The first kappa shape index (κ1) is 12.0. The van der Waals surface area contributed by atoms with Crippen LogP contribution in [0.4, 0.5) is 16.2 Å². The van der Waals surface area contributed by atoms with Crippen LogP contribution in [0.2, 0.25) is 0 Å². The Labute approximate surface area is 98.4 Å². The van der Waals surface area contributed by atoms with Crippen molar-refractivity contribution >= 4 is 11.8 Å². The number of hydrazine groups is 1. The highest BCUT2D eigenvalue weighted by Crippen LogP contribution is 2.42. The monoisotopic (exact) mass is 241 g/mol. The van der Waals surface area contributed by atoms with E-state index in [1.54, 1.807) is 0 Å². The van der Waals surface area contributed by atoms with Crippen LogP contribution in [-0.2, 0) is 0 Å². The number of nitrogens with one attached hydrogen (secondary N) is 2. The molecular weight excluding hydrogens is 225 g/mol. The van der Waals surface area contributed by atoms with E-state index >= 15 is 0 Å². The predicted octanol–water partition coefficient (Wildman–Crippen LogP) is 0.473. The fraction of sp³-hybridized carbons (Fsp3) is 0.600. The van der Waals surface area contributed by atoms with Gasteiger partial charge in [-0.25, -0.2) is 15.2 Å². The number of rotatable bonds is 3. The Morgan fingerprint density at radius 1 is 1.59 bits per heavy atom. The van der Waals surface area contributed by atoms with Crippen LogP contribution in [-0.4, -0.2) is 27.2 Å². The van der Waals surface area contributed by atoms with E-state index in [1.165, 1.54) is 0 Å². The molecule has 0 aliphatic heterocycles. The third-order valence-corrected chi connectivity index (χ3v) is 3.40. The predicted molar refractivity (Wildman–Crippen MR) is 61.6 cm³/mol. The molecular formula is C10H16FN5O. The number of nitrogen functional groups attached to an aromatic ring is 1. The first-order chi connectivity index (χ1) is 7.95. The molecule has 2 atom stereocenters. The first-order valence-corrected chi connectivity index (χ1v) is 5.39. The molecule has 1 heterocycles. The van der Waals surface area contributed by atoms with Crippen LogP contribution in [0.25, 0.3) is 0 Å². The summed E-state index contributed by atoms with van der Waals surface area (Å²) in [7, 11) is 0. The van der Waals surface area contributed by atoms with Crippen LogP contribution >= 0.6 is 0 Å². The standard InChI is InChI=1S/C10H16FN5O/c1-10(2)6(3-7(10)17)14-8-5(11)4-13-9(15-8)16-12/h4,6-7,17H,3,12H2,1-2H3,(H2,13,14,15,16).